The molecule has 20 heavy (non-hydrogen) atoms. The summed E-state index contributed by atoms with van der Waals surface area (Å²) in [6.45, 7) is 2.97. The van der Waals surface area contributed by atoms with Gasteiger partial charge >= 0.3 is 0 Å². The number of nitrogens with one attached hydrogen (secondary N) is 1. The van der Waals surface area contributed by atoms with Gasteiger partial charge in [-0.1, -0.05) is 18.0 Å². The largest absolute Gasteiger partial charge is 0.267 e. The molecule has 2 aromatic rings. The number of aryl methyl sites for hydroxylation is 1. The lowest BCUT2D eigenvalue weighted by Crippen LogP contribution is -2.24. The molecule has 0 spiro atoms. The minimum atomic E-state index is 0.450. The third-order valence-electron chi connectivity index (χ3n) is 3.71. The zero-order valence-corrected chi connectivity index (χ0v) is 12.4. The van der Waals surface area contributed by atoms with E-state index in [1.165, 1.54) is 16.8 Å². The van der Waals surface area contributed by atoms with E-state index in [2.05, 4.69) is 20.6 Å². The van der Waals surface area contributed by atoms with Gasteiger partial charge in [0.25, 0.3) is 0 Å². The molecule has 0 aliphatic carbocycles. The highest BCUT2D eigenvalue weighted by Crippen LogP contribution is 2.31. The second-order valence-electron chi connectivity index (χ2n) is 5.05. The number of hydrogen-bond acceptors (Lipinski definition) is 4. The molecule has 102 valence electrons. The lowest BCUT2D eigenvalue weighted by Gasteiger charge is -2.08. The van der Waals surface area contributed by atoms with E-state index < -0.39 is 0 Å². The van der Waals surface area contributed by atoms with Gasteiger partial charge in [0.1, 0.15) is 0 Å². The van der Waals surface area contributed by atoms with E-state index in [1.807, 2.05) is 37.6 Å². The zero-order chi connectivity index (χ0) is 14.1. The highest BCUT2D eigenvalue weighted by atomic mass is 32.2. The molecule has 1 unspecified atom stereocenters. The van der Waals surface area contributed by atoms with E-state index in [9.17, 15) is 0 Å². The van der Waals surface area contributed by atoms with Crippen molar-refractivity contribution < 1.29 is 0 Å². The molecule has 1 aromatic carbocycles. The summed E-state index contributed by atoms with van der Waals surface area (Å²) in [7, 11) is 0. The lowest BCUT2D eigenvalue weighted by molar-refractivity contribution is 0.566. The van der Waals surface area contributed by atoms with Crippen LogP contribution in [0.3, 0.4) is 0 Å². The molecular weight excluding hydrogens is 268 g/mol. The van der Waals surface area contributed by atoms with Crippen LogP contribution in [0, 0.1) is 18.3 Å². The van der Waals surface area contributed by atoms with Crippen molar-refractivity contribution in [3.05, 3.63) is 41.2 Å². The van der Waals surface area contributed by atoms with Crippen molar-refractivity contribution in [3.63, 3.8) is 0 Å². The van der Waals surface area contributed by atoms with E-state index in [1.54, 1.807) is 11.9 Å². The fourth-order valence-corrected chi connectivity index (χ4v) is 3.29. The predicted molar refractivity (Wildman–Crippen MR) is 81.3 cm³/mol. The van der Waals surface area contributed by atoms with Crippen molar-refractivity contribution in [2.24, 2.45) is 0 Å². The maximum absolute atomic E-state index is 8.96. The van der Waals surface area contributed by atoms with Crippen molar-refractivity contribution in [3.8, 4) is 17.2 Å². The first-order valence-electron chi connectivity index (χ1n) is 6.57. The second-order valence-corrected chi connectivity index (χ2v) is 5.70. The summed E-state index contributed by atoms with van der Waals surface area (Å²) in [4.78, 5) is 0. The van der Waals surface area contributed by atoms with E-state index in [4.69, 9.17) is 5.26 Å². The molecule has 4 nitrogen and oxygen atoms in total. The summed E-state index contributed by atoms with van der Waals surface area (Å²) in [6, 6.07) is 8.47. The molecule has 1 aliphatic heterocycles. The molecule has 0 amide bonds. The average Bonchev–Trinajstić information content (AvgIpc) is 2.99. The van der Waals surface area contributed by atoms with Crippen LogP contribution in [0.4, 0.5) is 0 Å². The van der Waals surface area contributed by atoms with Crippen LogP contribution in [0.5, 0.6) is 0 Å². The molecular formula is C15H16N4S. The molecule has 1 N–H and O–H groups in total. The summed E-state index contributed by atoms with van der Waals surface area (Å²) in [5.41, 5.74) is 5.48. The molecule has 0 bridgehead atoms. The first kappa shape index (κ1) is 13.2. The Balaban J connectivity index is 1.96. The smallest absolute Gasteiger partial charge is 0.0991 e. The molecule has 1 atom stereocenters. The Morgan fingerprint density at radius 1 is 1.45 bits per heavy atom. The number of nitriles is 1. The fraction of sp³-hybridized carbons (Fsp3) is 0.333. The van der Waals surface area contributed by atoms with Gasteiger partial charge in [0.2, 0.25) is 0 Å². The van der Waals surface area contributed by atoms with Crippen LogP contribution in [0.1, 0.15) is 16.8 Å². The average molecular weight is 284 g/mol. The van der Waals surface area contributed by atoms with Crippen molar-refractivity contribution in [2.75, 3.05) is 6.26 Å². The van der Waals surface area contributed by atoms with Gasteiger partial charge in [-0.2, -0.15) is 10.4 Å². The summed E-state index contributed by atoms with van der Waals surface area (Å²) >= 11 is 1.66. The van der Waals surface area contributed by atoms with Crippen LogP contribution >= 0.6 is 11.9 Å². The lowest BCUT2D eigenvalue weighted by atomic mass is 9.98. The van der Waals surface area contributed by atoms with Crippen LogP contribution in [-0.2, 0) is 13.0 Å². The Labute approximate surface area is 122 Å². The van der Waals surface area contributed by atoms with Crippen LogP contribution in [0.25, 0.3) is 11.1 Å². The van der Waals surface area contributed by atoms with Gasteiger partial charge in [-0.15, -0.1) is 0 Å². The van der Waals surface area contributed by atoms with Gasteiger partial charge < -0.3 is 0 Å². The predicted octanol–water partition coefficient (Wildman–Crippen LogP) is 2.52. The molecule has 2 heterocycles. The summed E-state index contributed by atoms with van der Waals surface area (Å²) in [5, 5.41) is 13.4. The van der Waals surface area contributed by atoms with Gasteiger partial charge in [0.15, 0.2) is 0 Å². The highest BCUT2D eigenvalue weighted by molar-refractivity contribution is 7.96. The first-order valence-corrected chi connectivity index (χ1v) is 7.79. The third-order valence-corrected chi connectivity index (χ3v) is 4.28. The van der Waals surface area contributed by atoms with Gasteiger partial charge in [0.05, 0.1) is 24.4 Å². The molecule has 0 fully saturated rings. The van der Waals surface area contributed by atoms with Gasteiger partial charge in [-0.05, 0) is 36.4 Å². The number of fused-ring (bicyclic) bond motifs is 1. The SMILES string of the molecule is CSNC1Cc2c(-c3ccc(C#N)cc3C)cnn2C1. The quantitative estimate of drug-likeness (QED) is 0.880. The van der Waals surface area contributed by atoms with Crippen LogP contribution in [-0.4, -0.2) is 22.1 Å². The number of aromatic nitrogens is 2. The standard InChI is InChI=1S/C15H16N4S/c1-10-5-11(7-16)3-4-13(10)14-8-17-19-9-12(18-20-2)6-15(14)19/h3-5,8,12,18H,6,9H2,1-2H3. The maximum atomic E-state index is 8.96. The zero-order valence-electron chi connectivity index (χ0n) is 11.6. The minimum Gasteiger partial charge on any atom is -0.267 e. The van der Waals surface area contributed by atoms with E-state index >= 15 is 0 Å². The fourth-order valence-electron chi connectivity index (χ4n) is 2.80. The maximum Gasteiger partial charge on any atom is 0.0991 e. The minimum absolute atomic E-state index is 0.450. The monoisotopic (exact) mass is 284 g/mol. The summed E-state index contributed by atoms with van der Waals surface area (Å²) in [6.07, 6.45) is 4.99. The molecule has 0 saturated carbocycles. The Morgan fingerprint density at radius 2 is 2.30 bits per heavy atom. The van der Waals surface area contributed by atoms with Crippen LogP contribution in [0.15, 0.2) is 24.4 Å². The Bertz CT molecular complexity index is 684. The van der Waals surface area contributed by atoms with Gasteiger partial charge in [0, 0.05) is 23.7 Å². The van der Waals surface area contributed by atoms with Crippen LogP contribution < -0.4 is 4.72 Å². The highest BCUT2D eigenvalue weighted by Gasteiger charge is 2.25. The Morgan fingerprint density at radius 3 is 3.00 bits per heavy atom. The van der Waals surface area contributed by atoms with E-state index in [-0.39, 0.29) is 0 Å². The molecule has 5 heteroatoms. The number of nitrogens with zero attached hydrogens (tertiary/aromatic N) is 3. The molecule has 3 rings (SSSR count). The van der Waals surface area contributed by atoms with Crippen LogP contribution in [0.2, 0.25) is 0 Å². The molecule has 0 radical (unpaired) electrons. The van der Waals surface area contributed by atoms with Crippen molar-refractivity contribution >= 4 is 11.9 Å². The number of benzene rings is 1. The molecule has 1 aliphatic rings. The van der Waals surface area contributed by atoms with Crippen molar-refractivity contribution in [1.29, 1.82) is 5.26 Å². The van der Waals surface area contributed by atoms with E-state index in [0.29, 0.717) is 11.6 Å². The summed E-state index contributed by atoms with van der Waals surface area (Å²) < 4.78 is 5.49. The normalized spacial score (nSPS) is 16.9. The number of hydrogen-bond donors (Lipinski definition) is 1. The Kier molecular flexibility index (Phi) is 3.51. The first-order chi connectivity index (χ1) is 9.72. The summed E-state index contributed by atoms with van der Waals surface area (Å²) in [5.74, 6) is 0. The Hall–Kier alpha value is -1.77. The van der Waals surface area contributed by atoms with Crippen molar-refractivity contribution in [2.45, 2.75) is 25.9 Å². The molecule has 0 saturated heterocycles. The molecule has 1 aromatic heterocycles. The number of rotatable bonds is 3. The van der Waals surface area contributed by atoms with Gasteiger partial charge in [-0.25, -0.2) is 0 Å². The van der Waals surface area contributed by atoms with E-state index in [0.717, 1.165) is 18.5 Å². The topological polar surface area (TPSA) is 53.6 Å². The second kappa shape index (κ2) is 5.31. The van der Waals surface area contributed by atoms with Crippen molar-refractivity contribution in [1.82, 2.24) is 14.5 Å². The van der Waals surface area contributed by atoms with Gasteiger partial charge in [-0.3, -0.25) is 9.40 Å². The third kappa shape index (κ3) is 2.21.